The van der Waals surface area contributed by atoms with E-state index in [2.05, 4.69) is 46.7 Å². The topological polar surface area (TPSA) is 82.8 Å². The second-order valence-electron chi connectivity index (χ2n) is 6.08. The summed E-state index contributed by atoms with van der Waals surface area (Å²) in [5, 5.41) is 5.21. The lowest BCUT2D eigenvalue weighted by molar-refractivity contribution is -0.142. The zero-order valence-electron chi connectivity index (χ0n) is 16.0. The molecule has 0 N–H and O–H groups in total. The molecule has 1 heterocycles. The third-order valence-corrected chi connectivity index (χ3v) is 5.40. The molecule has 0 fully saturated rings. The van der Waals surface area contributed by atoms with Crippen LogP contribution in [-0.4, -0.2) is 35.6 Å². The summed E-state index contributed by atoms with van der Waals surface area (Å²) in [4.78, 5) is 29.0. The number of esters is 1. The minimum Gasteiger partial charge on any atom is -0.480 e. The Bertz CT molecular complexity index is 1210. The molecule has 0 aliphatic carbocycles. The van der Waals surface area contributed by atoms with Gasteiger partial charge in [-0.1, -0.05) is 34.5 Å². The second kappa shape index (κ2) is 9.72. The highest BCUT2D eigenvalue weighted by Gasteiger charge is 2.13. The number of halogens is 3. The average Bonchev–Trinajstić information content (AvgIpc) is 2.72. The molecule has 0 aliphatic heterocycles. The number of hydrogen-bond acceptors (Lipinski definition) is 6. The van der Waals surface area contributed by atoms with Gasteiger partial charge in [0.15, 0.2) is 6.61 Å². The summed E-state index contributed by atoms with van der Waals surface area (Å²) in [6, 6.07) is 8.56. The fraction of sp³-hybridized carbons (Fsp3) is 0.200. The number of fused-ring (bicyclic) bond motifs is 1. The maximum atomic E-state index is 13.0. The van der Waals surface area contributed by atoms with Crippen LogP contribution in [0.5, 0.6) is 5.75 Å². The SMILES string of the molecule is CCc1nc2ccc(Br)cc2c(=O)n1N=Cc1cc(Cl)cc(Br)c1OCC(=O)OC. The molecule has 0 unspecified atom stereocenters. The van der Waals surface area contributed by atoms with E-state index in [-0.39, 0.29) is 12.2 Å². The molecule has 3 aromatic rings. The van der Waals surface area contributed by atoms with Crippen molar-refractivity contribution in [2.45, 2.75) is 13.3 Å². The van der Waals surface area contributed by atoms with E-state index in [4.69, 9.17) is 16.3 Å². The molecule has 0 saturated carbocycles. The van der Waals surface area contributed by atoms with E-state index >= 15 is 0 Å². The standard InChI is InChI=1S/C20H16Br2ClN3O4/c1-3-17-25-16-5-4-12(21)7-14(16)20(28)26(17)24-9-11-6-13(23)8-15(22)19(11)30-10-18(27)29-2/h4-9H,3,10H2,1-2H3. The van der Waals surface area contributed by atoms with Crippen LogP contribution in [-0.2, 0) is 16.0 Å². The molecular formula is C20H16Br2ClN3O4. The van der Waals surface area contributed by atoms with Gasteiger partial charge in [0.2, 0.25) is 0 Å². The third kappa shape index (κ3) is 4.91. The van der Waals surface area contributed by atoms with Crippen LogP contribution in [0.2, 0.25) is 5.02 Å². The van der Waals surface area contributed by atoms with Crippen molar-refractivity contribution in [1.82, 2.24) is 9.66 Å². The number of hydrogen-bond donors (Lipinski definition) is 0. The van der Waals surface area contributed by atoms with Crippen molar-refractivity contribution in [1.29, 1.82) is 0 Å². The van der Waals surface area contributed by atoms with Crippen molar-refractivity contribution in [3.05, 3.63) is 66.0 Å². The van der Waals surface area contributed by atoms with Gasteiger partial charge in [-0.15, -0.1) is 0 Å². The molecule has 30 heavy (non-hydrogen) atoms. The zero-order valence-corrected chi connectivity index (χ0v) is 19.9. The lowest BCUT2D eigenvalue weighted by Gasteiger charge is -2.11. The molecule has 7 nitrogen and oxygen atoms in total. The Morgan fingerprint density at radius 3 is 2.77 bits per heavy atom. The van der Waals surface area contributed by atoms with Crippen molar-refractivity contribution in [2.75, 3.05) is 13.7 Å². The Labute approximate surface area is 193 Å². The van der Waals surface area contributed by atoms with Crippen molar-refractivity contribution < 1.29 is 14.3 Å². The number of methoxy groups -OCH3 is 1. The molecule has 2 aromatic carbocycles. The Morgan fingerprint density at radius 2 is 2.07 bits per heavy atom. The van der Waals surface area contributed by atoms with E-state index in [0.29, 0.717) is 44.0 Å². The van der Waals surface area contributed by atoms with Crippen LogP contribution in [0.15, 0.2) is 49.2 Å². The fourth-order valence-corrected chi connectivity index (χ4v) is 3.99. The Hall–Kier alpha value is -2.23. The van der Waals surface area contributed by atoms with Crippen molar-refractivity contribution in [3.8, 4) is 5.75 Å². The third-order valence-electron chi connectivity index (χ3n) is 4.10. The summed E-state index contributed by atoms with van der Waals surface area (Å²) in [5.41, 5.74) is 0.771. The van der Waals surface area contributed by atoms with E-state index in [1.807, 2.05) is 13.0 Å². The van der Waals surface area contributed by atoms with Gasteiger partial charge >= 0.3 is 5.97 Å². The van der Waals surface area contributed by atoms with Crippen molar-refractivity contribution in [2.24, 2.45) is 5.10 Å². The second-order valence-corrected chi connectivity index (χ2v) is 8.28. The molecule has 0 saturated heterocycles. The summed E-state index contributed by atoms with van der Waals surface area (Å²) >= 11 is 12.9. The maximum absolute atomic E-state index is 13.0. The molecule has 0 radical (unpaired) electrons. The van der Waals surface area contributed by atoms with Crippen LogP contribution in [0, 0.1) is 0 Å². The number of aryl methyl sites for hydroxylation is 1. The first-order chi connectivity index (χ1) is 14.3. The van der Waals surface area contributed by atoms with E-state index in [1.54, 1.807) is 24.3 Å². The van der Waals surface area contributed by atoms with Gasteiger partial charge in [-0.25, -0.2) is 9.78 Å². The molecule has 0 amide bonds. The number of rotatable bonds is 6. The quantitative estimate of drug-likeness (QED) is 0.328. The van der Waals surface area contributed by atoms with Gasteiger partial charge in [-0.2, -0.15) is 9.78 Å². The molecule has 0 bridgehead atoms. The number of nitrogens with zero attached hydrogens (tertiary/aromatic N) is 3. The molecule has 1 aromatic heterocycles. The Kier molecular flexibility index (Phi) is 7.27. The predicted octanol–water partition coefficient (Wildman–Crippen LogP) is 4.57. The molecule has 3 rings (SSSR count). The average molecular weight is 558 g/mol. The van der Waals surface area contributed by atoms with Gasteiger partial charge in [-0.3, -0.25) is 4.79 Å². The lowest BCUT2D eigenvalue weighted by Crippen LogP contribution is -2.22. The lowest BCUT2D eigenvalue weighted by atomic mass is 10.2. The van der Waals surface area contributed by atoms with Crippen LogP contribution in [0.4, 0.5) is 0 Å². The van der Waals surface area contributed by atoms with Gasteiger partial charge in [0.05, 0.1) is 28.7 Å². The molecule has 0 spiro atoms. The zero-order chi connectivity index (χ0) is 21.8. The molecule has 156 valence electrons. The minimum absolute atomic E-state index is 0.288. The first kappa shape index (κ1) is 22.5. The smallest absolute Gasteiger partial charge is 0.343 e. The van der Waals surface area contributed by atoms with Gasteiger partial charge < -0.3 is 9.47 Å². The number of carbonyl (C=O) groups excluding carboxylic acids is 1. The van der Waals surface area contributed by atoms with Gasteiger partial charge in [0.25, 0.3) is 5.56 Å². The van der Waals surface area contributed by atoms with Gasteiger partial charge in [-0.05, 0) is 46.3 Å². The first-order valence-electron chi connectivity index (χ1n) is 8.78. The molecule has 0 aliphatic rings. The van der Waals surface area contributed by atoms with Crippen molar-refractivity contribution in [3.63, 3.8) is 0 Å². The van der Waals surface area contributed by atoms with Crippen LogP contribution in [0.25, 0.3) is 10.9 Å². The predicted molar refractivity (Wildman–Crippen MR) is 123 cm³/mol. The number of aromatic nitrogens is 2. The Morgan fingerprint density at radius 1 is 1.30 bits per heavy atom. The largest absolute Gasteiger partial charge is 0.480 e. The van der Waals surface area contributed by atoms with Crippen LogP contribution in [0.1, 0.15) is 18.3 Å². The highest BCUT2D eigenvalue weighted by molar-refractivity contribution is 9.10. The van der Waals surface area contributed by atoms with Crippen molar-refractivity contribution >= 4 is 66.5 Å². The van der Waals surface area contributed by atoms with Gasteiger partial charge in [0, 0.05) is 21.5 Å². The normalized spacial score (nSPS) is 11.2. The van der Waals surface area contributed by atoms with Crippen LogP contribution in [0.3, 0.4) is 0 Å². The molecule has 10 heteroatoms. The number of ether oxygens (including phenoxy) is 2. The maximum Gasteiger partial charge on any atom is 0.343 e. The molecule has 0 atom stereocenters. The van der Waals surface area contributed by atoms with E-state index in [1.165, 1.54) is 18.0 Å². The minimum atomic E-state index is -0.534. The van der Waals surface area contributed by atoms with Crippen LogP contribution >= 0.6 is 43.5 Å². The summed E-state index contributed by atoms with van der Waals surface area (Å²) in [5.74, 6) is 0.314. The summed E-state index contributed by atoms with van der Waals surface area (Å²) in [7, 11) is 1.27. The Balaban J connectivity index is 2.09. The van der Waals surface area contributed by atoms with E-state index in [0.717, 1.165) is 4.47 Å². The molecular weight excluding hydrogens is 541 g/mol. The monoisotopic (exact) mass is 555 g/mol. The summed E-state index contributed by atoms with van der Waals surface area (Å²) in [6.07, 6.45) is 1.94. The highest BCUT2D eigenvalue weighted by atomic mass is 79.9. The van der Waals surface area contributed by atoms with Gasteiger partial charge in [0.1, 0.15) is 11.6 Å². The number of benzene rings is 2. The van der Waals surface area contributed by atoms with E-state index in [9.17, 15) is 9.59 Å². The van der Waals surface area contributed by atoms with E-state index < -0.39 is 5.97 Å². The fourth-order valence-electron chi connectivity index (χ4n) is 2.68. The first-order valence-corrected chi connectivity index (χ1v) is 10.7. The number of carbonyl (C=O) groups is 1. The summed E-state index contributed by atoms with van der Waals surface area (Å²) < 4.78 is 12.7. The highest BCUT2D eigenvalue weighted by Crippen LogP contribution is 2.32. The van der Waals surface area contributed by atoms with Crippen LogP contribution < -0.4 is 10.3 Å². The summed E-state index contributed by atoms with van der Waals surface area (Å²) in [6.45, 7) is 1.60.